The number of nitrogens with one attached hydrogen (secondary N) is 1. The molecule has 1 aliphatic rings. The van der Waals surface area contributed by atoms with Gasteiger partial charge in [0.25, 0.3) is 11.8 Å². The quantitative estimate of drug-likeness (QED) is 0.785. The minimum Gasteiger partial charge on any atom is -0.484 e. The Labute approximate surface area is 137 Å². The minimum atomic E-state index is -0.537. The number of nitrogens with two attached hydrogens (primary N) is 1. The number of ether oxygens (including phenoxy) is 1. The zero-order chi connectivity index (χ0) is 16.7. The number of primary amides is 1. The number of carbonyl (C=O) groups is 2. The van der Waals surface area contributed by atoms with E-state index in [2.05, 4.69) is 5.32 Å². The van der Waals surface area contributed by atoms with E-state index in [0.29, 0.717) is 17.2 Å². The van der Waals surface area contributed by atoms with Crippen LogP contribution in [-0.2, 0) is 4.79 Å². The Hall–Kier alpha value is -2.08. The van der Waals surface area contributed by atoms with Crippen molar-refractivity contribution in [3.63, 3.8) is 0 Å². The van der Waals surface area contributed by atoms with Gasteiger partial charge in [-0.1, -0.05) is 6.07 Å². The van der Waals surface area contributed by atoms with Crippen molar-refractivity contribution >= 4 is 11.8 Å². The van der Waals surface area contributed by atoms with Crippen molar-refractivity contribution in [2.75, 3.05) is 33.3 Å². The maximum atomic E-state index is 12.6. The van der Waals surface area contributed by atoms with Crippen molar-refractivity contribution in [1.82, 2.24) is 10.2 Å². The minimum absolute atomic E-state index is 0.0154. The Morgan fingerprint density at radius 3 is 2.74 bits per heavy atom. The molecule has 1 heterocycles. The fourth-order valence-corrected chi connectivity index (χ4v) is 2.83. The van der Waals surface area contributed by atoms with Crippen LogP contribution in [0.25, 0.3) is 0 Å². The summed E-state index contributed by atoms with van der Waals surface area (Å²) in [6.45, 7) is 2.42. The van der Waals surface area contributed by atoms with E-state index in [1.807, 2.05) is 11.9 Å². The Kier molecular flexibility index (Phi) is 6.40. The van der Waals surface area contributed by atoms with E-state index >= 15 is 0 Å². The van der Waals surface area contributed by atoms with E-state index < -0.39 is 5.91 Å². The highest BCUT2D eigenvalue weighted by Crippen LogP contribution is 2.22. The van der Waals surface area contributed by atoms with E-state index in [4.69, 9.17) is 10.5 Å². The number of piperidine rings is 1. The number of hydrogen-bond donors (Lipinski definition) is 2. The highest BCUT2D eigenvalue weighted by atomic mass is 16.5. The fourth-order valence-electron chi connectivity index (χ4n) is 2.83. The molecule has 6 nitrogen and oxygen atoms in total. The first-order valence-electron chi connectivity index (χ1n) is 8.05. The highest BCUT2D eigenvalue weighted by molar-refractivity contribution is 5.94. The molecule has 2 rings (SSSR count). The first-order valence-corrected chi connectivity index (χ1v) is 8.05. The van der Waals surface area contributed by atoms with Crippen LogP contribution >= 0.6 is 0 Å². The predicted octanol–water partition coefficient (Wildman–Crippen LogP) is 1.01. The molecule has 1 aliphatic heterocycles. The summed E-state index contributed by atoms with van der Waals surface area (Å²) >= 11 is 0. The lowest BCUT2D eigenvalue weighted by Crippen LogP contribution is -2.39. The molecule has 1 aromatic rings. The number of nitrogens with zero attached hydrogens (tertiary/aromatic N) is 1. The van der Waals surface area contributed by atoms with Crippen LogP contribution in [0.3, 0.4) is 0 Å². The summed E-state index contributed by atoms with van der Waals surface area (Å²) in [7, 11) is 1.96. The second-order valence-corrected chi connectivity index (χ2v) is 5.91. The molecule has 0 saturated carbocycles. The van der Waals surface area contributed by atoms with E-state index in [0.717, 1.165) is 38.9 Å². The van der Waals surface area contributed by atoms with Gasteiger partial charge in [0.1, 0.15) is 5.75 Å². The molecular weight excluding hydrogens is 294 g/mol. The number of likely N-dealkylation sites (tertiary alicyclic amines) is 1. The average molecular weight is 319 g/mol. The Bertz CT molecular complexity index is 540. The van der Waals surface area contributed by atoms with Crippen LogP contribution in [0.15, 0.2) is 24.3 Å². The summed E-state index contributed by atoms with van der Waals surface area (Å²) in [5.41, 5.74) is 5.64. The monoisotopic (exact) mass is 319 g/mol. The molecule has 6 heteroatoms. The zero-order valence-electron chi connectivity index (χ0n) is 13.6. The standard InChI is InChI=1S/C17H25N3O3/c1-19-8-5-13-6-9-20(10-7-13)17(22)14-3-2-4-15(11-14)23-12-16(18)21/h2-4,11,13,19H,5-10,12H2,1H3,(H2,18,21). The summed E-state index contributed by atoms with van der Waals surface area (Å²) in [5, 5.41) is 3.17. The molecule has 0 aliphatic carbocycles. The summed E-state index contributed by atoms with van der Waals surface area (Å²) in [6, 6.07) is 6.90. The molecule has 0 atom stereocenters. The van der Waals surface area contributed by atoms with E-state index in [-0.39, 0.29) is 12.5 Å². The lowest BCUT2D eigenvalue weighted by molar-refractivity contribution is -0.119. The van der Waals surface area contributed by atoms with Gasteiger partial charge in [-0.25, -0.2) is 0 Å². The first kappa shape index (κ1) is 17.3. The van der Waals surface area contributed by atoms with Gasteiger partial charge in [0, 0.05) is 18.7 Å². The topological polar surface area (TPSA) is 84.7 Å². The van der Waals surface area contributed by atoms with Crippen molar-refractivity contribution in [2.45, 2.75) is 19.3 Å². The van der Waals surface area contributed by atoms with Crippen molar-refractivity contribution in [3.05, 3.63) is 29.8 Å². The van der Waals surface area contributed by atoms with Gasteiger partial charge in [-0.15, -0.1) is 0 Å². The Balaban J connectivity index is 1.90. The number of hydrogen-bond acceptors (Lipinski definition) is 4. The van der Waals surface area contributed by atoms with Crippen molar-refractivity contribution in [2.24, 2.45) is 11.7 Å². The molecule has 0 radical (unpaired) electrons. The van der Waals surface area contributed by atoms with Gasteiger partial charge in [-0.3, -0.25) is 9.59 Å². The molecule has 1 saturated heterocycles. The number of benzene rings is 1. The maximum Gasteiger partial charge on any atom is 0.255 e. The zero-order valence-corrected chi connectivity index (χ0v) is 13.6. The molecule has 23 heavy (non-hydrogen) atoms. The molecule has 0 unspecified atom stereocenters. The van der Waals surface area contributed by atoms with Gasteiger partial charge in [-0.05, 0) is 57.0 Å². The summed E-state index contributed by atoms with van der Waals surface area (Å²) in [4.78, 5) is 25.2. The fraction of sp³-hybridized carbons (Fsp3) is 0.529. The summed E-state index contributed by atoms with van der Waals surface area (Å²) < 4.78 is 5.25. The SMILES string of the molecule is CNCCC1CCN(C(=O)c2cccc(OCC(N)=O)c2)CC1. The lowest BCUT2D eigenvalue weighted by atomic mass is 9.93. The van der Waals surface area contributed by atoms with E-state index in [1.165, 1.54) is 0 Å². The third-order valence-corrected chi connectivity index (χ3v) is 4.17. The van der Waals surface area contributed by atoms with Crippen LogP contribution in [0.2, 0.25) is 0 Å². The maximum absolute atomic E-state index is 12.6. The number of rotatable bonds is 7. The van der Waals surface area contributed by atoms with Crippen LogP contribution in [0.4, 0.5) is 0 Å². The second-order valence-electron chi connectivity index (χ2n) is 5.91. The largest absolute Gasteiger partial charge is 0.484 e. The molecule has 2 amide bonds. The Morgan fingerprint density at radius 2 is 2.09 bits per heavy atom. The molecular formula is C17H25N3O3. The number of carbonyl (C=O) groups excluding carboxylic acids is 2. The van der Waals surface area contributed by atoms with Gasteiger partial charge in [0.2, 0.25) is 0 Å². The van der Waals surface area contributed by atoms with Crippen LogP contribution in [0.5, 0.6) is 5.75 Å². The van der Waals surface area contributed by atoms with Crippen LogP contribution in [-0.4, -0.2) is 50.0 Å². The molecule has 0 aromatic heterocycles. The Morgan fingerprint density at radius 1 is 1.35 bits per heavy atom. The second kappa shape index (κ2) is 8.53. The highest BCUT2D eigenvalue weighted by Gasteiger charge is 2.23. The van der Waals surface area contributed by atoms with Crippen LogP contribution < -0.4 is 15.8 Å². The van der Waals surface area contributed by atoms with Gasteiger partial charge < -0.3 is 20.7 Å². The van der Waals surface area contributed by atoms with Crippen molar-refractivity contribution < 1.29 is 14.3 Å². The molecule has 3 N–H and O–H groups in total. The predicted molar refractivity (Wildman–Crippen MR) is 88.3 cm³/mol. The number of amides is 2. The normalized spacial score (nSPS) is 15.4. The smallest absolute Gasteiger partial charge is 0.255 e. The van der Waals surface area contributed by atoms with E-state index in [1.54, 1.807) is 24.3 Å². The molecule has 0 bridgehead atoms. The van der Waals surface area contributed by atoms with Gasteiger partial charge >= 0.3 is 0 Å². The molecule has 1 aromatic carbocycles. The average Bonchev–Trinajstić information content (AvgIpc) is 2.58. The molecule has 126 valence electrons. The lowest BCUT2D eigenvalue weighted by Gasteiger charge is -2.32. The van der Waals surface area contributed by atoms with E-state index in [9.17, 15) is 9.59 Å². The van der Waals surface area contributed by atoms with Gasteiger partial charge in [0.15, 0.2) is 6.61 Å². The third kappa shape index (κ3) is 5.25. The summed E-state index contributed by atoms with van der Waals surface area (Å²) in [6.07, 6.45) is 3.26. The summed E-state index contributed by atoms with van der Waals surface area (Å²) in [5.74, 6) is 0.655. The third-order valence-electron chi connectivity index (χ3n) is 4.17. The first-order chi connectivity index (χ1) is 11.1. The van der Waals surface area contributed by atoms with Crippen molar-refractivity contribution in [3.8, 4) is 5.75 Å². The van der Waals surface area contributed by atoms with Crippen LogP contribution in [0.1, 0.15) is 29.6 Å². The van der Waals surface area contributed by atoms with Crippen molar-refractivity contribution in [1.29, 1.82) is 0 Å². The van der Waals surface area contributed by atoms with Crippen LogP contribution in [0, 0.1) is 5.92 Å². The molecule has 0 spiro atoms. The van der Waals surface area contributed by atoms with Gasteiger partial charge in [0.05, 0.1) is 0 Å². The molecule has 1 fully saturated rings. The van der Waals surface area contributed by atoms with Gasteiger partial charge in [-0.2, -0.15) is 0 Å².